The van der Waals surface area contributed by atoms with Crippen molar-refractivity contribution in [2.24, 2.45) is 11.8 Å². The molecule has 1 aromatic carbocycles. The molecule has 0 saturated heterocycles. The number of ether oxygens (including phenoxy) is 1. The third-order valence-electron chi connectivity index (χ3n) is 5.10. The van der Waals surface area contributed by atoms with Gasteiger partial charge in [-0.3, -0.25) is 14.8 Å². The lowest BCUT2D eigenvalue weighted by Crippen LogP contribution is -2.55. The maximum Gasteiger partial charge on any atom is 0.320 e. The number of hydrogen-bond acceptors (Lipinski definition) is 5. The van der Waals surface area contributed by atoms with E-state index in [0.29, 0.717) is 28.9 Å². The summed E-state index contributed by atoms with van der Waals surface area (Å²) in [6, 6.07) is 3.34. The van der Waals surface area contributed by atoms with Crippen LogP contribution in [0.4, 0.5) is 10.5 Å². The molecule has 1 aliphatic carbocycles. The van der Waals surface area contributed by atoms with Crippen LogP contribution in [0.2, 0.25) is 5.02 Å². The number of hydrogen-bond donors (Lipinski definition) is 4. The topological polar surface area (TPSA) is 120 Å². The average Bonchev–Trinajstić information content (AvgIpc) is 2.67. The fraction of sp³-hybridized carbons (Fsp3) is 0.550. The first-order valence-electron chi connectivity index (χ1n) is 9.88. The number of nitrogens with one attached hydrogen (secondary N) is 3. The third kappa shape index (κ3) is 6.50. The van der Waals surface area contributed by atoms with Gasteiger partial charge in [-0.1, -0.05) is 31.9 Å². The summed E-state index contributed by atoms with van der Waals surface area (Å²) >= 11 is 5.99. The highest BCUT2D eigenvalue weighted by molar-refractivity contribution is 6.31. The SMILES string of the molecule is COc1ccc(Cl)cc1NC(=O)NC(C(=O)N(CC(=O)NO)CC1CCC1)C(C)C. The predicted molar refractivity (Wildman–Crippen MR) is 113 cm³/mol. The summed E-state index contributed by atoms with van der Waals surface area (Å²) in [5.74, 6) is -0.552. The molecule has 0 heterocycles. The molecule has 0 spiro atoms. The molecule has 1 saturated carbocycles. The van der Waals surface area contributed by atoms with Gasteiger partial charge in [0.2, 0.25) is 5.91 Å². The van der Waals surface area contributed by atoms with Gasteiger partial charge in [-0.15, -0.1) is 0 Å². The van der Waals surface area contributed by atoms with E-state index >= 15 is 0 Å². The largest absolute Gasteiger partial charge is 0.495 e. The summed E-state index contributed by atoms with van der Waals surface area (Å²) in [7, 11) is 1.47. The van der Waals surface area contributed by atoms with Crippen molar-refractivity contribution in [2.75, 3.05) is 25.5 Å². The van der Waals surface area contributed by atoms with Gasteiger partial charge in [-0.2, -0.15) is 0 Å². The molecule has 4 N–H and O–H groups in total. The second kappa shape index (κ2) is 11.0. The number of amides is 4. The van der Waals surface area contributed by atoms with Gasteiger partial charge in [0.05, 0.1) is 12.8 Å². The quantitative estimate of drug-likeness (QED) is 0.347. The average molecular weight is 441 g/mol. The number of anilines is 1. The number of urea groups is 1. The minimum atomic E-state index is -0.859. The van der Waals surface area contributed by atoms with Crippen LogP contribution in [0.5, 0.6) is 5.75 Å². The number of nitrogens with zero attached hydrogens (tertiary/aromatic N) is 1. The van der Waals surface area contributed by atoms with Crippen LogP contribution in [0.15, 0.2) is 18.2 Å². The second-order valence-corrected chi connectivity index (χ2v) is 8.15. The second-order valence-electron chi connectivity index (χ2n) is 7.72. The molecule has 10 heteroatoms. The number of rotatable bonds is 9. The standard InChI is InChI=1S/C20H29ClN4O5/c1-12(2)18(19(27)25(11-17(26)24-29)10-13-5-4-6-13)23-20(28)22-15-9-14(21)7-8-16(15)30-3/h7-9,12-13,18,29H,4-6,10-11H2,1-3H3,(H,24,26)(H2,22,23,28). The van der Waals surface area contributed by atoms with E-state index in [0.717, 1.165) is 19.3 Å². The summed E-state index contributed by atoms with van der Waals surface area (Å²) < 4.78 is 5.21. The van der Waals surface area contributed by atoms with Crippen LogP contribution in [0.25, 0.3) is 0 Å². The number of hydroxylamine groups is 1. The zero-order valence-electron chi connectivity index (χ0n) is 17.4. The molecule has 1 unspecified atom stereocenters. The molecule has 4 amide bonds. The van der Waals surface area contributed by atoms with Crippen molar-refractivity contribution in [3.8, 4) is 5.75 Å². The summed E-state index contributed by atoms with van der Waals surface area (Å²) in [5, 5.41) is 14.6. The smallest absolute Gasteiger partial charge is 0.320 e. The Kier molecular flexibility index (Phi) is 8.73. The number of halogens is 1. The van der Waals surface area contributed by atoms with Crippen molar-refractivity contribution in [3.05, 3.63) is 23.2 Å². The lowest BCUT2D eigenvalue weighted by Gasteiger charge is -2.35. The zero-order valence-corrected chi connectivity index (χ0v) is 18.2. The van der Waals surface area contributed by atoms with Crippen molar-refractivity contribution in [1.82, 2.24) is 15.7 Å². The van der Waals surface area contributed by atoms with Gasteiger partial charge in [0, 0.05) is 11.6 Å². The maximum absolute atomic E-state index is 13.2. The lowest BCUT2D eigenvalue weighted by molar-refractivity contribution is -0.142. The molecule has 2 rings (SSSR count). The summed E-state index contributed by atoms with van der Waals surface area (Å²) in [5.41, 5.74) is 1.92. The monoisotopic (exact) mass is 440 g/mol. The predicted octanol–water partition coefficient (Wildman–Crippen LogP) is 2.63. The fourth-order valence-corrected chi connectivity index (χ4v) is 3.39. The number of methoxy groups -OCH3 is 1. The van der Waals surface area contributed by atoms with Crippen molar-refractivity contribution in [3.63, 3.8) is 0 Å². The van der Waals surface area contributed by atoms with E-state index in [2.05, 4.69) is 10.6 Å². The Hall–Kier alpha value is -2.52. The molecule has 1 fully saturated rings. The number of carbonyl (C=O) groups excluding carboxylic acids is 3. The Labute approximate surface area is 181 Å². The van der Waals surface area contributed by atoms with E-state index in [1.165, 1.54) is 12.0 Å². The minimum absolute atomic E-state index is 0.231. The van der Waals surface area contributed by atoms with Gasteiger partial charge in [0.25, 0.3) is 5.91 Å². The number of carbonyl (C=O) groups is 3. The van der Waals surface area contributed by atoms with E-state index in [4.69, 9.17) is 21.5 Å². The zero-order chi connectivity index (χ0) is 22.3. The van der Waals surface area contributed by atoms with Crippen LogP contribution in [-0.2, 0) is 9.59 Å². The normalized spacial score (nSPS) is 14.5. The first-order valence-corrected chi connectivity index (χ1v) is 10.3. The van der Waals surface area contributed by atoms with Crippen LogP contribution in [-0.4, -0.2) is 54.2 Å². The Morgan fingerprint density at radius 2 is 2.00 bits per heavy atom. The maximum atomic E-state index is 13.2. The summed E-state index contributed by atoms with van der Waals surface area (Å²) in [4.78, 5) is 38.8. The van der Waals surface area contributed by atoms with Gasteiger partial charge in [0.15, 0.2) is 0 Å². The van der Waals surface area contributed by atoms with Crippen molar-refractivity contribution >= 4 is 35.1 Å². The molecule has 1 aromatic rings. The minimum Gasteiger partial charge on any atom is -0.495 e. The molecule has 0 bridgehead atoms. The van der Waals surface area contributed by atoms with Crippen molar-refractivity contribution in [1.29, 1.82) is 0 Å². The van der Waals surface area contributed by atoms with Gasteiger partial charge >= 0.3 is 6.03 Å². The summed E-state index contributed by atoms with van der Waals surface area (Å²) in [6.45, 7) is 3.73. The summed E-state index contributed by atoms with van der Waals surface area (Å²) in [6.07, 6.45) is 3.06. The van der Waals surface area contributed by atoms with E-state index in [-0.39, 0.29) is 18.4 Å². The Balaban J connectivity index is 2.11. The van der Waals surface area contributed by atoms with Crippen LogP contribution >= 0.6 is 11.6 Å². The van der Waals surface area contributed by atoms with E-state index in [1.807, 2.05) is 0 Å². The molecular weight excluding hydrogens is 412 g/mol. The Morgan fingerprint density at radius 3 is 2.53 bits per heavy atom. The van der Waals surface area contributed by atoms with Crippen LogP contribution in [0, 0.1) is 11.8 Å². The molecule has 1 aliphatic rings. The molecule has 0 aromatic heterocycles. The van der Waals surface area contributed by atoms with E-state index < -0.39 is 18.0 Å². The fourth-order valence-electron chi connectivity index (χ4n) is 3.22. The highest BCUT2D eigenvalue weighted by Gasteiger charge is 2.32. The highest BCUT2D eigenvalue weighted by Crippen LogP contribution is 2.28. The van der Waals surface area contributed by atoms with Gasteiger partial charge in [0.1, 0.15) is 18.3 Å². The lowest BCUT2D eigenvalue weighted by atomic mass is 9.85. The van der Waals surface area contributed by atoms with E-state index in [9.17, 15) is 14.4 Å². The van der Waals surface area contributed by atoms with Crippen LogP contribution in [0.3, 0.4) is 0 Å². The molecule has 9 nitrogen and oxygen atoms in total. The van der Waals surface area contributed by atoms with Gasteiger partial charge in [-0.05, 0) is 42.9 Å². The molecule has 1 atom stereocenters. The molecule has 166 valence electrons. The molecule has 30 heavy (non-hydrogen) atoms. The molecule has 0 radical (unpaired) electrons. The third-order valence-corrected chi connectivity index (χ3v) is 5.34. The Bertz CT molecular complexity index is 770. The van der Waals surface area contributed by atoms with Crippen LogP contribution < -0.4 is 20.9 Å². The number of benzene rings is 1. The van der Waals surface area contributed by atoms with Crippen LogP contribution in [0.1, 0.15) is 33.1 Å². The molecular formula is C20H29ClN4O5. The first kappa shape index (κ1) is 23.8. The van der Waals surface area contributed by atoms with Gasteiger partial charge < -0.3 is 20.3 Å². The van der Waals surface area contributed by atoms with Crippen molar-refractivity contribution < 1.29 is 24.3 Å². The first-order chi connectivity index (χ1) is 14.2. The van der Waals surface area contributed by atoms with Gasteiger partial charge in [-0.25, -0.2) is 10.3 Å². The van der Waals surface area contributed by atoms with E-state index in [1.54, 1.807) is 37.5 Å². The highest BCUT2D eigenvalue weighted by atomic mass is 35.5. The molecule has 0 aliphatic heterocycles. The van der Waals surface area contributed by atoms with Crippen molar-refractivity contribution in [2.45, 2.75) is 39.2 Å². The Morgan fingerprint density at radius 1 is 1.30 bits per heavy atom.